The molecule has 0 bridgehead atoms. The summed E-state index contributed by atoms with van der Waals surface area (Å²) in [5.74, 6) is 0. The van der Waals surface area contributed by atoms with E-state index in [-0.39, 0.29) is 35.9 Å². The van der Waals surface area contributed by atoms with Crippen molar-refractivity contribution >= 4 is 38.0 Å². The summed E-state index contributed by atoms with van der Waals surface area (Å²) in [6.07, 6.45) is 0. The third-order valence-electron chi connectivity index (χ3n) is 3.32. The number of anilines is 1. The van der Waals surface area contributed by atoms with Crippen LogP contribution in [0.2, 0.25) is 0 Å². The summed E-state index contributed by atoms with van der Waals surface area (Å²) in [4.78, 5) is -0.226. The predicted octanol–water partition coefficient (Wildman–Crippen LogP) is 1.20. The Morgan fingerprint density at radius 1 is 0.917 bits per heavy atom. The van der Waals surface area contributed by atoms with Crippen LogP contribution in [0.5, 0.6) is 0 Å². The number of azo groups is 1. The summed E-state index contributed by atoms with van der Waals surface area (Å²) >= 11 is 0. The van der Waals surface area contributed by atoms with Crippen LogP contribution in [0.3, 0.4) is 0 Å². The molecular weight excluding hydrogens is 337 g/mol. The van der Waals surface area contributed by atoms with E-state index in [0.29, 0.717) is 17.1 Å². The molecule has 24 heavy (non-hydrogen) atoms. The molecule has 118 valence electrons. The van der Waals surface area contributed by atoms with Crippen molar-refractivity contribution in [2.24, 2.45) is 10.2 Å². The van der Waals surface area contributed by atoms with E-state index in [4.69, 9.17) is 10.3 Å². The molecule has 0 saturated heterocycles. The summed E-state index contributed by atoms with van der Waals surface area (Å²) in [5.41, 5.74) is 7.52. The van der Waals surface area contributed by atoms with E-state index in [1.165, 1.54) is 18.2 Å². The molecule has 0 fully saturated rings. The van der Waals surface area contributed by atoms with Gasteiger partial charge in [-0.1, -0.05) is 30.3 Å². The third kappa shape index (κ3) is 4.00. The Bertz CT molecular complexity index is 1030. The van der Waals surface area contributed by atoms with Gasteiger partial charge < -0.3 is 7.16 Å². The molecule has 8 heteroatoms. The first-order valence-electron chi connectivity index (χ1n) is 6.72. The summed E-state index contributed by atoms with van der Waals surface area (Å²) in [6.45, 7) is 0. The van der Waals surface area contributed by atoms with Crippen LogP contribution in [0.25, 0.3) is 10.8 Å². The van der Waals surface area contributed by atoms with Gasteiger partial charge in [-0.2, -0.15) is 13.5 Å². The molecule has 3 rings (SSSR count). The van der Waals surface area contributed by atoms with Crippen LogP contribution in [0, 0.1) is 0 Å². The molecule has 0 atom stereocenters. The van der Waals surface area contributed by atoms with E-state index in [9.17, 15) is 8.42 Å². The van der Waals surface area contributed by atoms with Crippen LogP contribution in [-0.4, -0.2) is 13.0 Å². The minimum Gasteiger partial charge on any atom is -1.00 e. The first kappa shape index (κ1) is 18.6. The number of nitrogens with zero attached hydrogens (tertiary/aromatic N) is 2. The van der Waals surface area contributed by atoms with Crippen molar-refractivity contribution in [3.8, 4) is 0 Å². The average molecular weight is 351 g/mol. The molecule has 0 heterocycles. The van der Waals surface area contributed by atoms with Crippen LogP contribution in [0.1, 0.15) is 1.43 Å². The van der Waals surface area contributed by atoms with Gasteiger partial charge >= 0.3 is 29.6 Å². The van der Waals surface area contributed by atoms with Crippen molar-refractivity contribution in [3.05, 3.63) is 60.7 Å². The normalized spacial score (nSPS) is 11.5. The number of nitrogens with two attached hydrogens (primary N) is 1. The second kappa shape index (κ2) is 7.42. The number of hydrogen-bond acceptors (Lipinski definition) is 5. The van der Waals surface area contributed by atoms with Crippen LogP contribution >= 0.6 is 0 Å². The number of benzene rings is 3. The smallest absolute Gasteiger partial charge is 1.00 e. The molecule has 0 spiro atoms. The second-order valence-corrected chi connectivity index (χ2v) is 6.31. The summed E-state index contributed by atoms with van der Waals surface area (Å²) in [7, 11) is -4.27. The Labute approximate surface area is 162 Å². The maximum absolute atomic E-state index is 11.1. The molecule has 0 aliphatic heterocycles. The van der Waals surface area contributed by atoms with Crippen LogP contribution < -0.4 is 35.3 Å². The first-order chi connectivity index (χ1) is 10.9. The van der Waals surface area contributed by atoms with Crippen LogP contribution in [0.15, 0.2) is 75.8 Å². The molecular formula is C16H14N3NaO3S. The first-order valence-corrected chi connectivity index (χ1v) is 8.16. The van der Waals surface area contributed by atoms with Gasteiger partial charge in [-0.25, -0.2) is 0 Å². The molecule has 0 unspecified atom stereocenters. The third-order valence-corrected chi connectivity index (χ3v) is 4.17. The average Bonchev–Trinajstić information content (AvgIpc) is 2.54. The maximum atomic E-state index is 11.1. The van der Waals surface area contributed by atoms with Crippen molar-refractivity contribution in [1.29, 1.82) is 0 Å². The Morgan fingerprint density at radius 2 is 1.62 bits per heavy atom. The van der Waals surface area contributed by atoms with Crippen molar-refractivity contribution in [1.82, 2.24) is 0 Å². The Balaban J connectivity index is 0.00000156. The number of fused-ring (bicyclic) bond motifs is 1. The number of rotatable bonds is 3. The fraction of sp³-hybridized carbons (Fsp3) is 0. The van der Waals surface area contributed by atoms with Gasteiger partial charge in [-0.05, 0) is 30.3 Å². The minimum atomic E-state index is -4.27. The van der Waals surface area contributed by atoms with Gasteiger partial charge in [-0.3, -0.25) is 4.55 Å². The van der Waals surface area contributed by atoms with E-state index in [1.807, 2.05) is 24.3 Å². The zero-order chi connectivity index (χ0) is 16.4. The standard InChI is InChI=1S/C16H13N3O3S.Na.H/c17-15-8-9-16(14-7-2-1-6-13(14)15)19-18-11-4-3-5-12(10-11)23(20,21)22;;/h1-10H,17H2,(H,20,21,22);;/q;+1;-1. The molecule has 0 saturated carbocycles. The summed E-state index contributed by atoms with van der Waals surface area (Å²) in [5, 5.41) is 9.92. The van der Waals surface area contributed by atoms with Gasteiger partial charge in [0.2, 0.25) is 0 Å². The SMILES string of the molecule is Nc1ccc(N=Nc2cccc(S(=O)(=O)O)c2)c2ccccc12.[H-].[Na+]. The van der Waals surface area contributed by atoms with Crippen LogP contribution in [0.4, 0.5) is 17.1 Å². The predicted molar refractivity (Wildman–Crippen MR) is 89.9 cm³/mol. The largest absolute Gasteiger partial charge is 1.00 e. The molecule has 0 aliphatic rings. The zero-order valence-corrected chi connectivity index (χ0v) is 15.7. The Kier molecular flexibility index (Phi) is 5.74. The quantitative estimate of drug-likeness (QED) is 0.320. The van der Waals surface area contributed by atoms with Crippen molar-refractivity contribution in [2.75, 3.05) is 5.73 Å². The molecule has 6 nitrogen and oxygen atoms in total. The van der Waals surface area contributed by atoms with E-state index in [0.717, 1.165) is 10.8 Å². The summed E-state index contributed by atoms with van der Waals surface area (Å²) < 4.78 is 31.3. The Morgan fingerprint density at radius 3 is 2.33 bits per heavy atom. The summed E-state index contributed by atoms with van der Waals surface area (Å²) in [6, 6.07) is 16.6. The van der Waals surface area contributed by atoms with E-state index in [2.05, 4.69) is 10.2 Å². The molecule has 0 amide bonds. The van der Waals surface area contributed by atoms with Gasteiger partial charge in [0.05, 0.1) is 16.3 Å². The molecule has 3 N–H and O–H groups in total. The van der Waals surface area contributed by atoms with Crippen molar-refractivity contribution in [3.63, 3.8) is 0 Å². The van der Waals surface area contributed by atoms with Gasteiger partial charge in [-0.15, -0.1) is 5.11 Å². The topological polar surface area (TPSA) is 105 Å². The molecule has 0 radical (unpaired) electrons. The second-order valence-electron chi connectivity index (χ2n) is 4.89. The molecule has 0 aromatic heterocycles. The van der Waals surface area contributed by atoms with E-state index in [1.54, 1.807) is 18.2 Å². The van der Waals surface area contributed by atoms with Gasteiger partial charge in [0, 0.05) is 16.5 Å². The number of hydrogen-bond donors (Lipinski definition) is 2. The van der Waals surface area contributed by atoms with Crippen molar-refractivity contribution in [2.45, 2.75) is 4.90 Å². The monoisotopic (exact) mass is 351 g/mol. The fourth-order valence-electron chi connectivity index (χ4n) is 2.21. The van der Waals surface area contributed by atoms with Gasteiger partial charge in [0.25, 0.3) is 10.1 Å². The van der Waals surface area contributed by atoms with E-state index >= 15 is 0 Å². The molecule has 3 aromatic rings. The molecule has 3 aromatic carbocycles. The zero-order valence-electron chi connectivity index (χ0n) is 13.9. The Hall–Kier alpha value is -1.77. The van der Waals surface area contributed by atoms with Crippen molar-refractivity contribution < 1.29 is 44.0 Å². The molecule has 0 aliphatic carbocycles. The van der Waals surface area contributed by atoms with Crippen LogP contribution in [-0.2, 0) is 10.1 Å². The van der Waals surface area contributed by atoms with E-state index < -0.39 is 10.1 Å². The number of nitrogen functional groups attached to an aromatic ring is 1. The maximum Gasteiger partial charge on any atom is 1.00 e. The van der Waals surface area contributed by atoms with Gasteiger partial charge in [0.15, 0.2) is 0 Å². The van der Waals surface area contributed by atoms with Gasteiger partial charge in [0.1, 0.15) is 0 Å². The fourth-order valence-corrected chi connectivity index (χ4v) is 2.73. The minimum absolute atomic E-state index is 0.